The molecule has 7 nitrogen and oxygen atoms in total. The summed E-state index contributed by atoms with van der Waals surface area (Å²) in [5, 5.41) is 2.74. The van der Waals surface area contributed by atoms with Crippen LogP contribution in [-0.4, -0.2) is 55.6 Å². The summed E-state index contributed by atoms with van der Waals surface area (Å²) in [5.41, 5.74) is 0.858. The number of benzene rings is 2. The summed E-state index contributed by atoms with van der Waals surface area (Å²) in [6.07, 6.45) is -0.0321. The molecule has 2 aromatic carbocycles. The molecule has 1 N–H and O–H groups in total. The Morgan fingerprint density at radius 3 is 2.50 bits per heavy atom. The van der Waals surface area contributed by atoms with Gasteiger partial charge in [-0.05, 0) is 29.8 Å². The van der Waals surface area contributed by atoms with Gasteiger partial charge in [-0.3, -0.25) is 9.59 Å². The summed E-state index contributed by atoms with van der Waals surface area (Å²) >= 11 is 6.05. The number of rotatable bonds is 3. The Kier molecular flexibility index (Phi) is 5.52. The second-order valence-electron chi connectivity index (χ2n) is 7.20. The lowest BCUT2D eigenvalue weighted by Gasteiger charge is -2.37. The first-order chi connectivity index (χ1) is 14.3. The molecule has 2 heterocycles. The maximum Gasteiger partial charge on any atom is 0.244 e. The maximum absolute atomic E-state index is 13.5. The van der Waals surface area contributed by atoms with Crippen molar-refractivity contribution >= 4 is 39.1 Å². The number of nitrogens with one attached hydrogen (secondary N) is 1. The zero-order valence-corrected chi connectivity index (χ0v) is 17.4. The van der Waals surface area contributed by atoms with E-state index < -0.39 is 21.8 Å². The highest BCUT2D eigenvalue weighted by molar-refractivity contribution is 7.89. The molecule has 1 unspecified atom stereocenters. The molecule has 0 aliphatic carbocycles. The van der Waals surface area contributed by atoms with E-state index in [0.717, 1.165) is 0 Å². The quantitative estimate of drug-likeness (QED) is 0.776. The Labute approximate surface area is 178 Å². The number of nitrogens with zero attached hydrogens (tertiary/aromatic N) is 2. The summed E-state index contributed by atoms with van der Waals surface area (Å²) in [7, 11) is -3.77. The molecule has 0 bridgehead atoms. The predicted molar refractivity (Wildman–Crippen MR) is 109 cm³/mol. The number of hydrogen-bond donors (Lipinski definition) is 1. The average molecular weight is 452 g/mol. The molecule has 0 saturated carbocycles. The molecule has 2 aliphatic heterocycles. The van der Waals surface area contributed by atoms with E-state index in [1.54, 1.807) is 17.0 Å². The van der Waals surface area contributed by atoms with Crippen LogP contribution in [0.5, 0.6) is 0 Å². The fraction of sp³-hybridized carbons (Fsp3) is 0.300. The third kappa shape index (κ3) is 3.80. The van der Waals surface area contributed by atoms with E-state index in [0.29, 0.717) is 11.3 Å². The number of carbonyl (C=O) groups excluding carboxylic acids is 2. The Hall–Kier alpha value is -2.49. The molecule has 2 amide bonds. The highest BCUT2D eigenvalue weighted by Gasteiger charge is 2.37. The van der Waals surface area contributed by atoms with Gasteiger partial charge in [0.1, 0.15) is 10.7 Å². The fourth-order valence-corrected chi connectivity index (χ4v) is 5.74. The molecule has 30 heavy (non-hydrogen) atoms. The SMILES string of the molecule is O=C1CC(C(=O)N2CCN(S(=O)(=O)c3ccccc3Cl)CC2)c2ccc(F)cc2N1. The fourth-order valence-electron chi connectivity index (χ4n) is 3.82. The first-order valence-electron chi connectivity index (χ1n) is 9.40. The molecule has 1 atom stereocenters. The van der Waals surface area contributed by atoms with Crippen LogP contribution in [0.2, 0.25) is 5.02 Å². The number of amides is 2. The molecule has 2 aliphatic rings. The van der Waals surface area contributed by atoms with E-state index >= 15 is 0 Å². The van der Waals surface area contributed by atoms with Gasteiger partial charge in [0.25, 0.3) is 0 Å². The van der Waals surface area contributed by atoms with Crippen molar-refractivity contribution in [3.05, 3.63) is 58.9 Å². The highest BCUT2D eigenvalue weighted by atomic mass is 35.5. The van der Waals surface area contributed by atoms with Gasteiger partial charge < -0.3 is 10.2 Å². The maximum atomic E-state index is 13.5. The van der Waals surface area contributed by atoms with Gasteiger partial charge in [-0.2, -0.15) is 4.31 Å². The molecule has 2 aromatic rings. The first-order valence-corrected chi connectivity index (χ1v) is 11.2. The monoisotopic (exact) mass is 451 g/mol. The van der Waals surface area contributed by atoms with E-state index in [4.69, 9.17) is 11.6 Å². The molecule has 0 spiro atoms. The number of piperazine rings is 1. The normalized spacial score (nSPS) is 19.9. The number of fused-ring (bicyclic) bond motifs is 1. The van der Waals surface area contributed by atoms with E-state index in [-0.39, 0.29) is 54.3 Å². The second-order valence-corrected chi connectivity index (χ2v) is 9.51. The number of halogens is 2. The summed E-state index contributed by atoms with van der Waals surface area (Å²) in [4.78, 5) is 26.7. The van der Waals surface area contributed by atoms with Crippen LogP contribution >= 0.6 is 11.6 Å². The van der Waals surface area contributed by atoms with Crippen molar-refractivity contribution in [3.63, 3.8) is 0 Å². The van der Waals surface area contributed by atoms with Gasteiger partial charge in [-0.25, -0.2) is 12.8 Å². The van der Waals surface area contributed by atoms with Crippen molar-refractivity contribution in [2.45, 2.75) is 17.2 Å². The lowest BCUT2D eigenvalue weighted by molar-refractivity contribution is -0.136. The molecule has 0 radical (unpaired) electrons. The van der Waals surface area contributed by atoms with E-state index in [2.05, 4.69) is 5.32 Å². The average Bonchev–Trinajstić information content (AvgIpc) is 2.72. The third-order valence-corrected chi connectivity index (χ3v) is 7.76. The van der Waals surface area contributed by atoms with Crippen LogP contribution in [0.25, 0.3) is 0 Å². The van der Waals surface area contributed by atoms with Crippen molar-refractivity contribution in [3.8, 4) is 0 Å². The summed E-state index contributed by atoms with van der Waals surface area (Å²) in [5.74, 6) is -1.85. The predicted octanol–water partition coefficient (Wildman–Crippen LogP) is 2.44. The smallest absolute Gasteiger partial charge is 0.244 e. The topological polar surface area (TPSA) is 86.8 Å². The number of anilines is 1. The van der Waals surface area contributed by atoms with Crippen LogP contribution in [-0.2, 0) is 19.6 Å². The van der Waals surface area contributed by atoms with E-state index in [1.807, 2.05) is 0 Å². The number of hydrogen-bond acceptors (Lipinski definition) is 4. The Bertz CT molecular complexity index is 1120. The van der Waals surface area contributed by atoms with Crippen LogP contribution in [0.3, 0.4) is 0 Å². The molecule has 10 heteroatoms. The lowest BCUT2D eigenvalue weighted by Crippen LogP contribution is -2.52. The van der Waals surface area contributed by atoms with Gasteiger partial charge in [-0.15, -0.1) is 0 Å². The van der Waals surface area contributed by atoms with Crippen molar-refractivity contribution in [2.75, 3.05) is 31.5 Å². The Morgan fingerprint density at radius 2 is 1.80 bits per heavy atom. The minimum absolute atomic E-state index is 0.0321. The van der Waals surface area contributed by atoms with Gasteiger partial charge in [0.2, 0.25) is 21.8 Å². The van der Waals surface area contributed by atoms with Gasteiger partial charge in [0.15, 0.2) is 0 Å². The van der Waals surface area contributed by atoms with Gasteiger partial charge in [0, 0.05) is 38.3 Å². The Morgan fingerprint density at radius 1 is 1.10 bits per heavy atom. The molecule has 0 aromatic heterocycles. The van der Waals surface area contributed by atoms with Gasteiger partial charge in [-0.1, -0.05) is 29.8 Å². The molecule has 1 fully saturated rings. The summed E-state index contributed by atoms with van der Waals surface area (Å²) in [6.45, 7) is 0.622. The van der Waals surface area contributed by atoms with Crippen LogP contribution in [0.4, 0.5) is 10.1 Å². The van der Waals surface area contributed by atoms with Gasteiger partial charge in [0.05, 0.1) is 10.9 Å². The zero-order chi connectivity index (χ0) is 21.5. The molecular formula is C20H19ClFN3O4S. The summed E-state index contributed by atoms with van der Waals surface area (Å²) in [6, 6.07) is 10.2. The molecular weight excluding hydrogens is 433 g/mol. The number of carbonyl (C=O) groups is 2. The highest BCUT2D eigenvalue weighted by Crippen LogP contribution is 2.34. The van der Waals surface area contributed by atoms with Crippen molar-refractivity contribution in [1.29, 1.82) is 0 Å². The third-order valence-electron chi connectivity index (χ3n) is 5.36. The van der Waals surface area contributed by atoms with Crippen molar-refractivity contribution in [1.82, 2.24) is 9.21 Å². The summed E-state index contributed by atoms with van der Waals surface area (Å²) < 4.78 is 40.6. The molecule has 4 rings (SSSR count). The van der Waals surface area contributed by atoms with Crippen molar-refractivity contribution < 1.29 is 22.4 Å². The lowest BCUT2D eigenvalue weighted by atomic mass is 9.89. The minimum atomic E-state index is -3.77. The van der Waals surface area contributed by atoms with Gasteiger partial charge >= 0.3 is 0 Å². The first kappa shape index (κ1) is 20.8. The standard InChI is InChI=1S/C20H19ClFN3O4S/c21-16-3-1-2-4-18(16)30(28,29)25-9-7-24(8-10-25)20(27)15-12-19(26)23-17-11-13(22)5-6-14(15)17/h1-6,11,15H,7-10,12H2,(H,23,26). The Balaban J connectivity index is 1.49. The minimum Gasteiger partial charge on any atom is -0.340 e. The second kappa shape index (κ2) is 7.98. The van der Waals surface area contributed by atoms with E-state index in [9.17, 15) is 22.4 Å². The van der Waals surface area contributed by atoms with Crippen LogP contribution in [0.1, 0.15) is 17.9 Å². The number of sulfonamides is 1. The molecule has 1 saturated heterocycles. The van der Waals surface area contributed by atoms with Crippen LogP contribution < -0.4 is 5.32 Å². The van der Waals surface area contributed by atoms with E-state index in [1.165, 1.54) is 34.6 Å². The van der Waals surface area contributed by atoms with Crippen LogP contribution in [0.15, 0.2) is 47.4 Å². The zero-order valence-electron chi connectivity index (χ0n) is 15.8. The molecule has 158 valence electrons. The van der Waals surface area contributed by atoms with Crippen LogP contribution in [0, 0.1) is 5.82 Å². The largest absolute Gasteiger partial charge is 0.340 e. The van der Waals surface area contributed by atoms with Crippen molar-refractivity contribution in [2.24, 2.45) is 0 Å².